The van der Waals surface area contributed by atoms with Crippen molar-refractivity contribution in [3.8, 4) is 5.75 Å². The fourth-order valence-electron chi connectivity index (χ4n) is 1.93. The Morgan fingerprint density at radius 3 is 2.71 bits per heavy atom. The molecule has 1 unspecified atom stereocenters. The van der Waals surface area contributed by atoms with Crippen molar-refractivity contribution in [2.24, 2.45) is 0 Å². The van der Waals surface area contributed by atoms with Crippen LogP contribution in [0.2, 0.25) is 0 Å². The molecule has 1 N–H and O–H groups in total. The third kappa shape index (κ3) is 4.08. The number of anilines is 1. The van der Waals surface area contributed by atoms with E-state index in [1.165, 1.54) is 5.56 Å². The summed E-state index contributed by atoms with van der Waals surface area (Å²) in [5.74, 6) is 1.18. The molecule has 0 bridgehead atoms. The first kappa shape index (κ1) is 15.1. The third-order valence-corrected chi connectivity index (χ3v) is 3.16. The second-order valence-corrected chi connectivity index (χ2v) is 5.04. The molecular formula is C16H21N3O2. The maximum atomic E-state index is 12.0. The van der Waals surface area contributed by atoms with Gasteiger partial charge in [-0.05, 0) is 32.9 Å². The molecule has 1 aromatic carbocycles. The monoisotopic (exact) mass is 287 g/mol. The van der Waals surface area contributed by atoms with Gasteiger partial charge >= 0.3 is 0 Å². The van der Waals surface area contributed by atoms with E-state index in [0.717, 1.165) is 5.75 Å². The summed E-state index contributed by atoms with van der Waals surface area (Å²) in [6.07, 6.45) is 3.31. The van der Waals surface area contributed by atoms with Crippen LogP contribution in [0.4, 0.5) is 5.82 Å². The Kier molecular flexibility index (Phi) is 4.98. The molecule has 0 aliphatic heterocycles. The average molecular weight is 287 g/mol. The standard InChI is InChI=1S/C16H21N3O2/c1-4-19-10-9-17-15(16(19)20)18-13(3)11-21-14-7-5-12(2)6-8-14/h5-10,13H,4,11H2,1-3H3,(H,17,18). The van der Waals surface area contributed by atoms with Crippen LogP contribution < -0.4 is 15.6 Å². The maximum Gasteiger partial charge on any atom is 0.293 e. The van der Waals surface area contributed by atoms with Gasteiger partial charge in [-0.25, -0.2) is 4.98 Å². The molecule has 0 aliphatic rings. The molecule has 0 aliphatic carbocycles. The minimum atomic E-state index is -0.109. The highest BCUT2D eigenvalue weighted by Gasteiger charge is 2.08. The van der Waals surface area contributed by atoms with E-state index in [9.17, 15) is 4.79 Å². The summed E-state index contributed by atoms with van der Waals surface area (Å²) in [7, 11) is 0. The van der Waals surface area contributed by atoms with E-state index in [1.54, 1.807) is 17.0 Å². The summed E-state index contributed by atoms with van der Waals surface area (Å²) in [5, 5.41) is 3.10. The zero-order chi connectivity index (χ0) is 15.2. The van der Waals surface area contributed by atoms with Crippen molar-refractivity contribution in [3.05, 3.63) is 52.6 Å². The minimum Gasteiger partial charge on any atom is -0.491 e. The van der Waals surface area contributed by atoms with E-state index < -0.39 is 0 Å². The Morgan fingerprint density at radius 2 is 2.05 bits per heavy atom. The molecule has 21 heavy (non-hydrogen) atoms. The van der Waals surface area contributed by atoms with Crippen LogP contribution in [0.1, 0.15) is 19.4 Å². The van der Waals surface area contributed by atoms with Gasteiger partial charge in [-0.15, -0.1) is 0 Å². The number of ether oxygens (including phenoxy) is 1. The van der Waals surface area contributed by atoms with Gasteiger partial charge < -0.3 is 14.6 Å². The smallest absolute Gasteiger partial charge is 0.293 e. The van der Waals surface area contributed by atoms with Crippen molar-refractivity contribution in [3.63, 3.8) is 0 Å². The van der Waals surface area contributed by atoms with E-state index in [-0.39, 0.29) is 11.6 Å². The molecule has 5 nitrogen and oxygen atoms in total. The van der Waals surface area contributed by atoms with Gasteiger partial charge in [-0.3, -0.25) is 4.79 Å². The van der Waals surface area contributed by atoms with Gasteiger partial charge in [0, 0.05) is 18.9 Å². The number of hydrogen-bond donors (Lipinski definition) is 1. The molecule has 0 saturated carbocycles. The van der Waals surface area contributed by atoms with Crippen LogP contribution in [-0.4, -0.2) is 22.2 Å². The Bertz CT molecular complexity index is 635. The van der Waals surface area contributed by atoms with Gasteiger partial charge in [0.25, 0.3) is 5.56 Å². The van der Waals surface area contributed by atoms with E-state index in [4.69, 9.17) is 4.74 Å². The number of hydrogen-bond acceptors (Lipinski definition) is 4. The summed E-state index contributed by atoms with van der Waals surface area (Å²) in [6, 6.07) is 7.87. The average Bonchev–Trinajstić information content (AvgIpc) is 2.49. The predicted octanol–water partition coefficient (Wildman–Crippen LogP) is 2.45. The van der Waals surface area contributed by atoms with Crippen molar-refractivity contribution in [2.75, 3.05) is 11.9 Å². The molecule has 2 aromatic rings. The number of benzene rings is 1. The first-order chi connectivity index (χ1) is 10.1. The van der Waals surface area contributed by atoms with Crippen LogP contribution in [0.25, 0.3) is 0 Å². The van der Waals surface area contributed by atoms with Crippen molar-refractivity contribution < 1.29 is 4.74 Å². The van der Waals surface area contributed by atoms with Gasteiger partial charge in [-0.1, -0.05) is 17.7 Å². The highest BCUT2D eigenvalue weighted by atomic mass is 16.5. The van der Waals surface area contributed by atoms with E-state index in [1.807, 2.05) is 45.0 Å². The second kappa shape index (κ2) is 6.92. The van der Waals surface area contributed by atoms with Gasteiger partial charge in [0.05, 0.1) is 6.04 Å². The lowest BCUT2D eigenvalue weighted by Crippen LogP contribution is -2.30. The van der Waals surface area contributed by atoms with Gasteiger partial charge in [0.1, 0.15) is 12.4 Å². The largest absolute Gasteiger partial charge is 0.491 e. The highest BCUT2D eigenvalue weighted by Crippen LogP contribution is 2.11. The first-order valence-electron chi connectivity index (χ1n) is 7.11. The maximum absolute atomic E-state index is 12.0. The molecule has 5 heteroatoms. The number of aromatic nitrogens is 2. The summed E-state index contributed by atoms with van der Waals surface area (Å²) >= 11 is 0. The molecule has 1 aromatic heterocycles. The SMILES string of the molecule is CCn1ccnc(NC(C)COc2ccc(C)cc2)c1=O. The van der Waals surface area contributed by atoms with Crippen LogP contribution in [0, 0.1) is 6.92 Å². The number of rotatable bonds is 6. The molecule has 1 heterocycles. The van der Waals surface area contributed by atoms with Crippen molar-refractivity contribution in [2.45, 2.75) is 33.4 Å². The van der Waals surface area contributed by atoms with E-state index in [0.29, 0.717) is 19.0 Å². The number of nitrogens with one attached hydrogen (secondary N) is 1. The van der Waals surface area contributed by atoms with Gasteiger partial charge in [0.2, 0.25) is 0 Å². The molecule has 0 fully saturated rings. The fourth-order valence-corrected chi connectivity index (χ4v) is 1.93. The summed E-state index contributed by atoms with van der Waals surface area (Å²) in [5.41, 5.74) is 1.09. The normalized spacial score (nSPS) is 12.0. The lowest BCUT2D eigenvalue weighted by molar-refractivity contribution is 0.303. The number of aryl methyl sites for hydroxylation is 2. The zero-order valence-electron chi connectivity index (χ0n) is 12.7. The lowest BCUT2D eigenvalue weighted by Gasteiger charge is -2.15. The molecule has 1 atom stereocenters. The molecule has 0 saturated heterocycles. The van der Waals surface area contributed by atoms with Crippen molar-refractivity contribution in [1.82, 2.24) is 9.55 Å². The molecule has 0 radical (unpaired) electrons. The molecule has 2 rings (SSSR count). The predicted molar refractivity (Wildman–Crippen MR) is 83.9 cm³/mol. The summed E-state index contributed by atoms with van der Waals surface area (Å²) in [6.45, 7) is 7.01. The third-order valence-electron chi connectivity index (χ3n) is 3.16. The number of nitrogens with zero attached hydrogens (tertiary/aromatic N) is 2. The fraction of sp³-hybridized carbons (Fsp3) is 0.375. The van der Waals surface area contributed by atoms with E-state index >= 15 is 0 Å². The topological polar surface area (TPSA) is 56.1 Å². The van der Waals surface area contributed by atoms with E-state index in [2.05, 4.69) is 10.3 Å². The van der Waals surface area contributed by atoms with Crippen molar-refractivity contribution in [1.29, 1.82) is 0 Å². The quantitative estimate of drug-likeness (QED) is 0.886. The lowest BCUT2D eigenvalue weighted by atomic mass is 10.2. The first-order valence-corrected chi connectivity index (χ1v) is 7.11. The second-order valence-electron chi connectivity index (χ2n) is 5.04. The highest BCUT2D eigenvalue weighted by molar-refractivity contribution is 5.32. The molecule has 0 amide bonds. The Labute approximate surface area is 124 Å². The van der Waals surface area contributed by atoms with Gasteiger partial charge in [0.15, 0.2) is 5.82 Å². The van der Waals surface area contributed by atoms with Gasteiger partial charge in [-0.2, -0.15) is 0 Å². The Morgan fingerprint density at radius 1 is 1.33 bits per heavy atom. The summed E-state index contributed by atoms with van der Waals surface area (Å²) in [4.78, 5) is 16.1. The molecule has 0 spiro atoms. The van der Waals surface area contributed by atoms with Crippen LogP contribution in [0.5, 0.6) is 5.75 Å². The molecular weight excluding hydrogens is 266 g/mol. The Balaban J connectivity index is 1.94. The Hall–Kier alpha value is -2.30. The van der Waals surface area contributed by atoms with Crippen LogP contribution >= 0.6 is 0 Å². The molecule has 112 valence electrons. The minimum absolute atomic E-state index is 0.0146. The summed E-state index contributed by atoms with van der Waals surface area (Å²) < 4.78 is 7.31. The van der Waals surface area contributed by atoms with Crippen LogP contribution in [0.15, 0.2) is 41.5 Å². The zero-order valence-corrected chi connectivity index (χ0v) is 12.7. The van der Waals surface area contributed by atoms with Crippen molar-refractivity contribution >= 4 is 5.82 Å². The van der Waals surface area contributed by atoms with Crippen LogP contribution in [0.3, 0.4) is 0 Å². The van der Waals surface area contributed by atoms with Crippen LogP contribution in [-0.2, 0) is 6.54 Å².